The van der Waals surface area contributed by atoms with Gasteiger partial charge in [0.1, 0.15) is 6.61 Å². The van der Waals surface area contributed by atoms with E-state index in [2.05, 4.69) is 0 Å². The monoisotopic (exact) mass is 351 g/mol. The number of carbonyl (C=O) groups is 1. The first-order valence-corrected chi connectivity index (χ1v) is 7.01. The maximum absolute atomic E-state index is 12.6. The number of ether oxygens (including phenoxy) is 1. The van der Waals surface area contributed by atoms with Gasteiger partial charge in [0.05, 0.1) is 10.5 Å². The zero-order valence-electron chi connectivity index (χ0n) is 12.7. The van der Waals surface area contributed by atoms with Crippen LogP contribution in [-0.4, -0.2) is 10.9 Å². The Kier molecular flexibility index (Phi) is 5.53. The fourth-order valence-electron chi connectivity index (χ4n) is 1.95. The lowest BCUT2D eigenvalue weighted by Gasteiger charge is -2.08. The molecule has 5 nitrogen and oxygen atoms in total. The normalized spacial score (nSPS) is 11.5. The second-order valence-corrected chi connectivity index (χ2v) is 4.99. The summed E-state index contributed by atoms with van der Waals surface area (Å²) in [6, 6.07) is 10.1. The number of esters is 1. The molecule has 0 spiro atoms. The number of nitro groups is 1. The zero-order valence-corrected chi connectivity index (χ0v) is 12.7. The van der Waals surface area contributed by atoms with Crippen LogP contribution < -0.4 is 0 Å². The van der Waals surface area contributed by atoms with Crippen LogP contribution in [0.3, 0.4) is 0 Å². The summed E-state index contributed by atoms with van der Waals surface area (Å²) in [5, 5.41) is 10.7. The van der Waals surface area contributed by atoms with E-state index in [9.17, 15) is 28.1 Å². The molecule has 25 heavy (non-hydrogen) atoms. The van der Waals surface area contributed by atoms with Crippen molar-refractivity contribution in [3.63, 3.8) is 0 Å². The molecule has 0 aliphatic rings. The summed E-state index contributed by atoms with van der Waals surface area (Å²) < 4.78 is 42.7. The van der Waals surface area contributed by atoms with Crippen LogP contribution in [0.5, 0.6) is 0 Å². The van der Waals surface area contributed by atoms with Gasteiger partial charge >= 0.3 is 12.1 Å². The Bertz CT molecular complexity index is 816. The summed E-state index contributed by atoms with van der Waals surface area (Å²) in [5.74, 6) is -0.774. The number of carbonyl (C=O) groups excluding carboxylic acids is 1. The van der Waals surface area contributed by atoms with Crippen molar-refractivity contribution < 1.29 is 27.6 Å². The SMILES string of the molecule is O=C(C=Cc1cccc([N+](=O)[O-])c1)OCc1cccc(C(F)(F)F)c1. The van der Waals surface area contributed by atoms with Crippen LogP contribution in [0.25, 0.3) is 6.08 Å². The number of halogens is 3. The van der Waals surface area contributed by atoms with E-state index in [1.807, 2.05) is 0 Å². The van der Waals surface area contributed by atoms with E-state index in [4.69, 9.17) is 4.74 Å². The van der Waals surface area contributed by atoms with Gasteiger partial charge < -0.3 is 4.74 Å². The minimum atomic E-state index is -4.47. The van der Waals surface area contributed by atoms with Gasteiger partial charge in [0, 0.05) is 18.2 Å². The van der Waals surface area contributed by atoms with Crippen molar-refractivity contribution in [1.29, 1.82) is 0 Å². The summed E-state index contributed by atoms with van der Waals surface area (Å²) >= 11 is 0. The second kappa shape index (κ2) is 7.61. The lowest BCUT2D eigenvalue weighted by atomic mass is 10.1. The Balaban J connectivity index is 1.97. The lowest BCUT2D eigenvalue weighted by Crippen LogP contribution is -2.06. The number of rotatable bonds is 5. The zero-order chi connectivity index (χ0) is 18.4. The Labute approximate surface area is 140 Å². The van der Waals surface area contributed by atoms with Crippen molar-refractivity contribution in [2.45, 2.75) is 12.8 Å². The van der Waals surface area contributed by atoms with Gasteiger partial charge in [0.25, 0.3) is 5.69 Å². The Morgan fingerprint density at radius 2 is 1.88 bits per heavy atom. The van der Waals surface area contributed by atoms with Crippen molar-refractivity contribution >= 4 is 17.7 Å². The number of hydrogen-bond donors (Lipinski definition) is 0. The molecule has 0 bridgehead atoms. The van der Waals surface area contributed by atoms with Gasteiger partial charge in [-0.25, -0.2) is 4.79 Å². The van der Waals surface area contributed by atoms with Gasteiger partial charge in [-0.2, -0.15) is 13.2 Å². The highest BCUT2D eigenvalue weighted by atomic mass is 19.4. The Morgan fingerprint density at radius 3 is 2.56 bits per heavy atom. The molecule has 0 radical (unpaired) electrons. The molecule has 0 fully saturated rings. The standard InChI is InChI=1S/C17H12F3NO4/c18-17(19,20)14-5-1-4-13(9-14)11-25-16(22)8-7-12-3-2-6-15(10-12)21(23)24/h1-10H,11H2. The first-order valence-electron chi connectivity index (χ1n) is 7.01. The maximum atomic E-state index is 12.6. The van der Waals surface area contributed by atoms with Gasteiger partial charge in [-0.15, -0.1) is 0 Å². The van der Waals surface area contributed by atoms with Crippen LogP contribution in [-0.2, 0) is 22.3 Å². The molecular formula is C17H12F3NO4. The largest absolute Gasteiger partial charge is 0.458 e. The summed E-state index contributed by atoms with van der Waals surface area (Å²) in [6.07, 6.45) is -2.10. The number of nitro benzene ring substituents is 1. The molecule has 0 aliphatic carbocycles. The molecule has 8 heteroatoms. The number of alkyl halides is 3. The van der Waals surface area contributed by atoms with Crippen molar-refractivity contribution in [2.24, 2.45) is 0 Å². The van der Waals surface area contributed by atoms with Crippen molar-refractivity contribution in [2.75, 3.05) is 0 Å². The predicted molar refractivity (Wildman–Crippen MR) is 83.4 cm³/mol. The number of benzene rings is 2. The van der Waals surface area contributed by atoms with Gasteiger partial charge in [-0.3, -0.25) is 10.1 Å². The molecule has 0 saturated carbocycles. The van der Waals surface area contributed by atoms with Crippen molar-refractivity contribution in [1.82, 2.24) is 0 Å². The molecule has 0 aromatic heterocycles. The highest BCUT2D eigenvalue weighted by Gasteiger charge is 2.30. The molecule has 130 valence electrons. The number of non-ortho nitro benzene ring substituents is 1. The minimum Gasteiger partial charge on any atom is -0.458 e. The predicted octanol–water partition coefficient (Wildman–Crippen LogP) is 4.37. The molecule has 2 aromatic carbocycles. The molecule has 0 atom stereocenters. The molecule has 2 rings (SSSR count). The van der Waals surface area contributed by atoms with Gasteiger partial charge in [-0.1, -0.05) is 24.3 Å². The maximum Gasteiger partial charge on any atom is 0.416 e. The van der Waals surface area contributed by atoms with Crippen LogP contribution >= 0.6 is 0 Å². The summed E-state index contributed by atoms with van der Waals surface area (Å²) in [5.41, 5.74) is -0.329. The average molecular weight is 351 g/mol. The third-order valence-electron chi connectivity index (χ3n) is 3.13. The van der Waals surface area contributed by atoms with Crippen molar-refractivity contribution in [3.8, 4) is 0 Å². The Morgan fingerprint density at radius 1 is 1.16 bits per heavy atom. The van der Waals surface area contributed by atoms with Crippen LogP contribution in [0.2, 0.25) is 0 Å². The third kappa shape index (κ3) is 5.45. The van der Waals surface area contributed by atoms with E-state index in [-0.39, 0.29) is 17.9 Å². The highest BCUT2D eigenvalue weighted by Crippen LogP contribution is 2.29. The molecule has 0 saturated heterocycles. The topological polar surface area (TPSA) is 69.4 Å². The first-order chi connectivity index (χ1) is 11.8. The van der Waals surface area contributed by atoms with Crippen LogP contribution in [0.4, 0.5) is 18.9 Å². The summed E-state index contributed by atoms with van der Waals surface area (Å²) in [6.45, 7) is -0.317. The summed E-state index contributed by atoms with van der Waals surface area (Å²) in [4.78, 5) is 21.7. The average Bonchev–Trinajstić information content (AvgIpc) is 2.58. The third-order valence-corrected chi connectivity index (χ3v) is 3.13. The highest BCUT2D eigenvalue weighted by molar-refractivity contribution is 5.87. The lowest BCUT2D eigenvalue weighted by molar-refractivity contribution is -0.384. The molecule has 0 N–H and O–H groups in total. The van der Waals surface area contributed by atoms with E-state index in [1.165, 1.54) is 36.4 Å². The van der Waals surface area contributed by atoms with Crippen LogP contribution in [0.1, 0.15) is 16.7 Å². The van der Waals surface area contributed by atoms with Gasteiger partial charge in [0.15, 0.2) is 0 Å². The minimum absolute atomic E-state index is 0.125. The summed E-state index contributed by atoms with van der Waals surface area (Å²) in [7, 11) is 0. The van der Waals surface area contributed by atoms with E-state index in [1.54, 1.807) is 6.07 Å². The molecule has 0 aliphatic heterocycles. The fourth-order valence-corrected chi connectivity index (χ4v) is 1.95. The smallest absolute Gasteiger partial charge is 0.416 e. The fraction of sp³-hybridized carbons (Fsp3) is 0.118. The molecule has 0 amide bonds. The number of hydrogen-bond acceptors (Lipinski definition) is 4. The van der Waals surface area contributed by atoms with Crippen LogP contribution in [0.15, 0.2) is 54.6 Å². The van der Waals surface area contributed by atoms with E-state index in [0.29, 0.717) is 5.56 Å². The van der Waals surface area contributed by atoms with Crippen LogP contribution in [0, 0.1) is 10.1 Å². The quantitative estimate of drug-likeness (QED) is 0.347. The second-order valence-electron chi connectivity index (χ2n) is 4.99. The molecule has 0 unspecified atom stereocenters. The van der Waals surface area contributed by atoms with E-state index >= 15 is 0 Å². The van der Waals surface area contributed by atoms with E-state index < -0.39 is 22.6 Å². The molecule has 2 aromatic rings. The molecular weight excluding hydrogens is 339 g/mol. The van der Waals surface area contributed by atoms with E-state index in [0.717, 1.165) is 18.2 Å². The first kappa shape index (κ1) is 18.2. The Hall–Kier alpha value is -3.16. The number of nitrogens with zero attached hydrogens (tertiary/aromatic N) is 1. The van der Waals surface area contributed by atoms with Crippen molar-refractivity contribution in [3.05, 3.63) is 81.4 Å². The van der Waals surface area contributed by atoms with Gasteiger partial charge in [-0.05, 0) is 29.3 Å². The molecule has 0 heterocycles. The van der Waals surface area contributed by atoms with Gasteiger partial charge in [0.2, 0.25) is 0 Å².